The number of carbonyl (C=O) groups excluding carboxylic acids is 1. The van der Waals surface area contributed by atoms with Gasteiger partial charge < -0.3 is 4.74 Å². The van der Waals surface area contributed by atoms with Crippen LogP contribution in [0, 0.1) is 6.92 Å². The van der Waals surface area contributed by atoms with Crippen LogP contribution in [0.4, 0.5) is 0 Å². The number of hydrogen-bond donors (Lipinski definition) is 1. The molecule has 0 aliphatic heterocycles. The molecule has 0 bridgehead atoms. The van der Waals surface area contributed by atoms with Crippen LogP contribution in [0.25, 0.3) is 0 Å². The van der Waals surface area contributed by atoms with Crippen LogP contribution in [-0.2, 0) is 4.79 Å². The summed E-state index contributed by atoms with van der Waals surface area (Å²) in [4.78, 5) is 11.6. The fourth-order valence-corrected chi connectivity index (χ4v) is 2.11. The van der Waals surface area contributed by atoms with Gasteiger partial charge in [0.05, 0.1) is 16.3 Å². The molecule has 0 aliphatic carbocycles. The molecule has 0 aliphatic rings. The van der Waals surface area contributed by atoms with Crippen molar-refractivity contribution in [3.05, 3.63) is 63.6 Å². The number of hydrogen-bond acceptors (Lipinski definition) is 3. The molecule has 2 aromatic carbocycles. The minimum Gasteiger partial charge on any atom is -0.484 e. The Hall–Kier alpha value is -2.04. The van der Waals surface area contributed by atoms with Gasteiger partial charge in [0.1, 0.15) is 5.75 Å². The van der Waals surface area contributed by atoms with Gasteiger partial charge in [0.25, 0.3) is 5.91 Å². The quantitative estimate of drug-likeness (QED) is 0.666. The highest BCUT2D eigenvalue weighted by atomic mass is 35.5. The first-order chi connectivity index (χ1) is 10.6. The summed E-state index contributed by atoms with van der Waals surface area (Å²) in [5.41, 5.74) is 4.03. The Labute approximate surface area is 138 Å². The Morgan fingerprint density at radius 1 is 1.18 bits per heavy atom. The lowest BCUT2D eigenvalue weighted by molar-refractivity contribution is -0.123. The van der Waals surface area contributed by atoms with E-state index in [0.29, 0.717) is 21.4 Å². The second kappa shape index (κ2) is 7.82. The fourth-order valence-electron chi connectivity index (χ4n) is 1.62. The zero-order valence-electron chi connectivity index (χ0n) is 11.8. The Bertz CT molecular complexity index is 665. The van der Waals surface area contributed by atoms with E-state index in [-0.39, 0.29) is 12.5 Å². The van der Waals surface area contributed by atoms with Crippen molar-refractivity contribution < 1.29 is 9.53 Å². The molecule has 0 saturated heterocycles. The molecule has 2 rings (SSSR count). The maximum absolute atomic E-state index is 11.6. The maximum Gasteiger partial charge on any atom is 0.277 e. The number of halogens is 2. The largest absolute Gasteiger partial charge is 0.484 e. The molecule has 0 spiro atoms. The van der Waals surface area contributed by atoms with E-state index < -0.39 is 0 Å². The zero-order valence-corrected chi connectivity index (χ0v) is 13.4. The van der Waals surface area contributed by atoms with Crippen molar-refractivity contribution in [2.75, 3.05) is 6.61 Å². The van der Waals surface area contributed by atoms with Gasteiger partial charge in [-0.1, -0.05) is 47.0 Å². The number of rotatable bonds is 5. The van der Waals surface area contributed by atoms with Crippen molar-refractivity contribution in [1.29, 1.82) is 0 Å². The minimum atomic E-state index is -0.375. The van der Waals surface area contributed by atoms with Gasteiger partial charge in [-0.3, -0.25) is 4.79 Å². The van der Waals surface area contributed by atoms with Crippen molar-refractivity contribution in [2.24, 2.45) is 5.10 Å². The standard InChI is InChI=1S/C16H14Cl2N2O2/c1-11-5-7-12(8-6-11)22-10-16(21)20-19-9-13-14(17)3-2-4-15(13)18/h2-9H,10H2,1H3,(H,20,21). The minimum absolute atomic E-state index is 0.128. The van der Waals surface area contributed by atoms with Crippen LogP contribution in [-0.4, -0.2) is 18.7 Å². The molecular weight excluding hydrogens is 323 g/mol. The Kier molecular flexibility index (Phi) is 5.81. The molecule has 0 atom stereocenters. The number of nitrogens with zero attached hydrogens (tertiary/aromatic N) is 1. The Morgan fingerprint density at radius 3 is 2.45 bits per heavy atom. The van der Waals surface area contributed by atoms with Gasteiger partial charge in [0.15, 0.2) is 6.61 Å². The third-order valence-corrected chi connectivity index (χ3v) is 3.43. The number of ether oxygens (including phenoxy) is 1. The predicted octanol–water partition coefficient (Wildman–Crippen LogP) is 3.83. The number of benzene rings is 2. The van der Waals surface area contributed by atoms with Crippen LogP contribution in [0.5, 0.6) is 5.75 Å². The number of hydrazone groups is 1. The molecule has 0 aromatic heterocycles. The average Bonchev–Trinajstić information content (AvgIpc) is 2.50. The highest BCUT2D eigenvalue weighted by Gasteiger charge is 2.04. The van der Waals surface area contributed by atoms with Crippen LogP contribution in [0.2, 0.25) is 10.0 Å². The van der Waals surface area contributed by atoms with E-state index in [9.17, 15) is 4.79 Å². The summed E-state index contributed by atoms with van der Waals surface area (Å²) in [7, 11) is 0. The Balaban J connectivity index is 1.85. The summed E-state index contributed by atoms with van der Waals surface area (Å²) in [6.45, 7) is 1.85. The molecule has 4 nitrogen and oxygen atoms in total. The summed E-state index contributed by atoms with van der Waals surface area (Å²) in [6, 6.07) is 12.5. The van der Waals surface area contributed by atoms with E-state index in [1.165, 1.54) is 6.21 Å². The lowest BCUT2D eigenvalue weighted by Crippen LogP contribution is -2.24. The number of aryl methyl sites for hydroxylation is 1. The molecule has 2 aromatic rings. The lowest BCUT2D eigenvalue weighted by Gasteiger charge is -2.05. The van der Waals surface area contributed by atoms with E-state index in [1.807, 2.05) is 19.1 Å². The second-order valence-electron chi connectivity index (χ2n) is 4.53. The molecule has 0 unspecified atom stereocenters. The van der Waals surface area contributed by atoms with Gasteiger partial charge in [-0.05, 0) is 31.2 Å². The van der Waals surface area contributed by atoms with Crippen LogP contribution >= 0.6 is 23.2 Å². The molecule has 22 heavy (non-hydrogen) atoms. The van der Waals surface area contributed by atoms with E-state index in [0.717, 1.165) is 5.56 Å². The average molecular weight is 337 g/mol. The van der Waals surface area contributed by atoms with Crippen LogP contribution in [0.3, 0.4) is 0 Å². The molecule has 6 heteroatoms. The smallest absolute Gasteiger partial charge is 0.277 e. The van der Waals surface area contributed by atoms with E-state index in [4.69, 9.17) is 27.9 Å². The summed E-state index contributed by atoms with van der Waals surface area (Å²) < 4.78 is 5.33. The van der Waals surface area contributed by atoms with Gasteiger partial charge in [-0.15, -0.1) is 0 Å². The second-order valence-corrected chi connectivity index (χ2v) is 5.34. The van der Waals surface area contributed by atoms with E-state index in [1.54, 1.807) is 30.3 Å². The molecule has 0 radical (unpaired) electrons. The monoisotopic (exact) mass is 336 g/mol. The molecular formula is C16H14Cl2N2O2. The van der Waals surface area contributed by atoms with Gasteiger partial charge in [0, 0.05) is 5.56 Å². The molecule has 0 fully saturated rings. The molecule has 0 heterocycles. The van der Waals surface area contributed by atoms with Crippen LogP contribution in [0.15, 0.2) is 47.6 Å². The topological polar surface area (TPSA) is 50.7 Å². The molecule has 114 valence electrons. The van der Waals surface area contributed by atoms with Crippen molar-refractivity contribution in [1.82, 2.24) is 5.43 Å². The highest BCUT2D eigenvalue weighted by Crippen LogP contribution is 2.21. The summed E-state index contributed by atoms with van der Waals surface area (Å²) in [6.07, 6.45) is 1.40. The first-order valence-electron chi connectivity index (χ1n) is 6.51. The van der Waals surface area contributed by atoms with Gasteiger partial charge in [-0.25, -0.2) is 5.43 Å². The van der Waals surface area contributed by atoms with Gasteiger partial charge >= 0.3 is 0 Å². The number of amides is 1. The third-order valence-electron chi connectivity index (χ3n) is 2.77. The molecule has 1 N–H and O–H groups in total. The molecule has 1 amide bonds. The SMILES string of the molecule is Cc1ccc(OCC(=O)NN=Cc2c(Cl)cccc2Cl)cc1. The normalized spacial score (nSPS) is 10.7. The van der Waals surface area contributed by atoms with Crippen molar-refractivity contribution >= 4 is 35.3 Å². The lowest BCUT2D eigenvalue weighted by atomic mass is 10.2. The maximum atomic E-state index is 11.6. The van der Waals surface area contributed by atoms with E-state index in [2.05, 4.69) is 10.5 Å². The fraction of sp³-hybridized carbons (Fsp3) is 0.125. The highest BCUT2D eigenvalue weighted by molar-refractivity contribution is 6.38. The summed E-state index contributed by atoms with van der Waals surface area (Å²) in [5, 5.41) is 4.74. The number of nitrogens with one attached hydrogen (secondary N) is 1. The van der Waals surface area contributed by atoms with Gasteiger partial charge in [-0.2, -0.15) is 5.10 Å². The van der Waals surface area contributed by atoms with Crippen molar-refractivity contribution in [2.45, 2.75) is 6.92 Å². The van der Waals surface area contributed by atoms with Crippen molar-refractivity contribution in [3.63, 3.8) is 0 Å². The van der Waals surface area contributed by atoms with Crippen LogP contribution < -0.4 is 10.2 Å². The molecule has 0 saturated carbocycles. The summed E-state index contributed by atoms with van der Waals surface area (Å²) >= 11 is 12.0. The van der Waals surface area contributed by atoms with Crippen molar-refractivity contribution in [3.8, 4) is 5.75 Å². The zero-order chi connectivity index (χ0) is 15.9. The first kappa shape index (κ1) is 16.3. The van der Waals surface area contributed by atoms with Gasteiger partial charge in [0.2, 0.25) is 0 Å². The number of carbonyl (C=O) groups is 1. The predicted molar refractivity (Wildman–Crippen MR) is 88.9 cm³/mol. The summed E-state index contributed by atoms with van der Waals surface area (Å²) in [5.74, 6) is 0.249. The third kappa shape index (κ3) is 4.76. The Morgan fingerprint density at radius 2 is 1.82 bits per heavy atom. The van der Waals surface area contributed by atoms with E-state index >= 15 is 0 Å². The first-order valence-corrected chi connectivity index (χ1v) is 7.27. The van der Waals surface area contributed by atoms with Crippen LogP contribution in [0.1, 0.15) is 11.1 Å².